The van der Waals surface area contributed by atoms with Crippen LogP contribution in [0.25, 0.3) is 0 Å². The highest BCUT2D eigenvalue weighted by Crippen LogP contribution is 2.29. The third-order valence-electron chi connectivity index (χ3n) is 2.85. The van der Waals surface area contributed by atoms with Crippen molar-refractivity contribution in [1.82, 2.24) is 9.97 Å². The van der Waals surface area contributed by atoms with Gasteiger partial charge >= 0.3 is 5.69 Å². The number of aliphatic hydroxyl groups excluding tert-OH is 3. The van der Waals surface area contributed by atoms with Crippen LogP contribution in [-0.2, 0) is 4.74 Å². The number of nitrogen functional groups attached to an aromatic ring is 1. The molecule has 0 spiro atoms. The maximum Gasteiger partial charge on any atom is 0.353 e. The third-order valence-corrected chi connectivity index (χ3v) is 2.85. The molecule has 1 saturated heterocycles. The van der Waals surface area contributed by atoms with Crippen LogP contribution < -0.4 is 11.1 Å². The summed E-state index contributed by atoms with van der Waals surface area (Å²) in [5.41, 5.74) is 4.82. The Balaban J connectivity index is 2.23. The minimum atomic E-state index is -1.39. The lowest BCUT2D eigenvalue weighted by Gasteiger charge is -2.16. The Bertz CT molecular complexity index is 514. The molecule has 1 aromatic rings. The molecule has 0 aliphatic carbocycles. The van der Waals surface area contributed by atoms with Gasteiger partial charge in [-0.15, -0.1) is 0 Å². The van der Waals surface area contributed by atoms with E-state index < -0.39 is 41.8 Å². The van der Waals surface area contributed by atoms with E-state index in [1.807, 2.05) is 0 Å². The number of rotatable bonds is 4. The van der Waals surface area contributed by atoms with Crippen molar-refractivity contribution >= 4 is 17.3 Å². The highest BCUT2D eigenvalue weighted by atomic mass is 16.6. The van der Waals surface area contributed by atoms with Crippen molar-refractivity contribution in [2.45, 2.75) is 24.5 Å². The first-order chi connectivity index (χ1) is 9.45. The smallest absolute Gasteiger partial charge is 0.353 e. The monoisotopic (exact) mass is 287 g/mol. The lowest BCUT2D eigenvalue weighted by molar-refractivity contribution is -0.383. The standard InChI is InChI=1S/C9H13N5O6/c10-7-4(14(18)19)8(12-2-11-7)13-9-6(17)5(16)3(1-15)20-9/h2-3,5-6,9,15-17H,1H2,(H3,10,11,12,13)/t3-,5+,6-,9-/m1/s1. The summed E-state index contributed by atoms with van der Waals surface area (Å²) in [4.78, 5) is 17.3. The number of aromatic nitrogens is 2. The van der Waals surface area contributed by atoms with Gasteiger partial charge in [-0.25, -0.2) is 9.97 Å². The summed E-state index contributed by atoms with van der Waals surface area (Å²) >= 11 is 0. The maximum absolute atomic E-state index is 10.9. The van der Waals surface area contributed by atoms with Gasteiger partial charge in [0, 0.05) is 0 Å². The van der Waals surface area contributed by atoms with Crippen molar-refractivity contribution in [3.63, 3.8) is 0 Å². The van der Waals surface area contributed by atoms with Gasteiger partial charge in [-0.05, 0) is 0 Å². The summed E-state index contributed by atoms with van der Waals surface area (Å²) in [6.07, 6.45) is -3.87. The van der Waals surface area contributed by atoms with Crippen LogP contribution in [0.2, 0.25) is 0 Å². The molecule has 1 aliphatic heterocycles. The summed E-state index contributed by atoms with van der Waals surface area (Å²) < 4.78 is 5.13. The normalized spacial score (nSPS) is 29.4. The van der Waals surface area contributed by atoms with E-state index in [0.29, 0.717) is 0 Å². The number of nitrogens with one attached hydrogen (secondary N) is 1. The van der Waals surface area contributed by atoms with E-state index in [-0.39, 0.29) is 11.6 Å². The molecule has 20 heavy (non-hydrogen) atoms. The minimum Gasteiger partial charge on any atom is -0.394 e. The Labute approximate surface area is 112 Å². The van der Waals surface area contributed by atoms with Crippen LogP contribution in [0, 0.1) is 10.1 Å². The number of hydrogen-bond donors (Lipinski definition) is 5. The average molecular weight is 287 g/mol. The number of aliphatic hydroxyl groups is 3. The van der Waals surface area contributed by atoms with E-state index in [0.717, 1.165) is 6.33 Å². The van der Waals surface area contributed by atoms with E-state index >= 15 is 0 Å². The molecular formula is C9H13N5O6. The summed E-state index contributed by atoms with van der Waals surface area (Å²) in [7, 11) is 0. The minimum absolute atomic E-state index is 0.252. The maximum atomic E-state index is 10.9. The highest BCUT2D eigenvalue weighted by molar-refractivity contribution is 5.67. The molecule has 11 nitrogen and oxygen atoms in total. The van der Waals surface area contributed by atoms with E-state index in [2.05, 4.69) is 15.3 Å². The Morgan fingerprint density at radius 2 is 2.15 bits per heavy atom. The van der Waals surface area contributed by atoms with E-state index in [1.165, 1.54) is 0 Å². The first-order valence-corrected chi connectivity index (χ1v) is 5.59. The predicted octanol–water partition coefficient (Wildman–Crippen LogP) is -2.18. The fourth-order valence-electron chi connectivity index (χ4n) is 1.83. The van der Waals surface area contributed by atoms with E-state index in [1.54, 1.807) is 0 Å². The fraction of sp³-hybridized carbons (Fsp3) is 0.556. The zero-order valence-corrected chi connectivity index (χ0v) is 10.1. The lowest BCUT2D eigenvalue weighted by atomic mass is 10.1. The summed E-state index contributed by atoms with van der Waals surface area (Å²) in [6, 6.07) is 0. The lowest BCUT2D eigenvalue weighted by Crippen LogP contribution is -2.36. The fourth-order valence-corrected chi connectivity index (χ4v) is 1.83. The van der Waals surface area contributed by atoms with Crippen LogP contribution >= 0.6 is 0 Å². The van der Waals surface area contributed by atoms with Gasteiger partial charge < -0.3 is 31.1 Å². The predicted molar refractivity (Wildman–Crippen MR) is 64.5 cm³/mol. The van der Waals surface area contributed by atoms with Crippen molar-refractivity contribution in [2.75, 3.05) is 17.7 Å². The van der Waals surface area contributed by atoms with Crippen LogP contribution in [0.3, 0.4) is 0 Å². The molecule has 0 saturated carbocycles. The van der Waals surface area contributed by atoms with Crippen LogP contribution in [0.5, 0.6) is 0 Å². The van der Waals surface area contributed by atoms with Gasteiger partial charge in [-0.3, -0.25) is 10.1 Å². The molecule has 0 unspecified atom stereocenters. The van der Waals surface area contributed by atoms with Crippen molar-refractivity contribution in [1.29, 1.82) is 0 Å². The number of nitrogens with two attached hydrogens (primary N) is 1. The molecule has 11 heteroatoms. The molecule has 110 valence electrons. The summed E-state index contributed by atoms with van der Waals surface area (Å²) in [5, 5.41) is 41.6. The Kier molecular flexibility index (Phi) is 3.94. The summed E-state index contributed by atoms with van der Waals surface area (Å²) in [6.45, 7) is -0.510. The molecule has 6 N–H and O–H groups in total. The Morgan fingerprint density at radius 1 is 1.45 bits per heavy atom. The molecule has 2 heterocycles. The zero-order valence-electron chi connectivity index (χ0n) is 10.1. The van der Waals surface area contributed by atoms with E-state index in [9.17, 15) is 20.3 Å². The number of anilines is 2. The molecule has 0 radical (unpaired) electrons. The first kappa shape index (κ1) is 14.3. The Hall–Kier alpha value is -2.08. The van der Waals surface area contributed by atoms with Crippen LogP contribution in [-0.4, -0.2) is 61.4 Å². The number of nitrogens with zero attached hydrogens (tertiary/aromatic N) is 3. The average Bonchev–Trinajstić information content (AvgIpc) is 2.66. The summed E-state index contributed by atoms with van der Waals surface area (Å²) in [5.74, 6) is -0.600. The van der Waals surface area contributed by atoms with Crippen LogP contribution in [0.4, 0.5) is 17.3 Å². The molecule has 4 atom stereocenters. The molecule has 0 bridgehead atoms. The van der Waals surface area contributed by atoms with Gasteiger partial charge in [0.2, 0.25) is 11.6 Å². The topological polar surface area (TPSA) is 177 Å². The van der Waals surface area contributed by atoms with Crippen molar-refractivity contribution in [3.8, 4) is 0 Å². The number of ether oxygens (including phenoxy) is 1. The van der Waals surface area contributed by atoms with Gasteiger partial charge in [0.1, 0.15) is 24.6 Å². The van der Waals surface area contributed by atoms with Crippen LogP contribution in [0.1, 0.15) is 0 Å². The first-order valence-electron chi connectivity index (χ1n) is 5.59. The molecule has 1 aromatic heterocycles. The second kappa shape index (κ2) is 5.50. The molecule has 0 amide bonds. The van der Waals surface area contributed by atoms with Crippen LogP contribution in [0.15, 0.2) is 6.33 Å². The zero-order chi connectivity index (χ0) is 14.9. The molecule has 2 rings (SSSR count). The van der Waals surface area contributed by atoms with Crippen molar-refractivity contribution in [3.05, 3.63) is 16.4 Å². The molecular weight excluding hydrogens is 274 g/mol. The van der Waals surface area contributed by atoms with Gasteiger partial charge in [0.05, 0.1) is 11.5 Å². The van der Waals surface area contributed by atoms with Gasteiger partial charge in [-0.2, -0.15) is 0 Å². The van der Waals surface area contributed by atoms with E-state index in [4.69, 9.17) is 15.6 Å². The van der Waals surface area contributed by atoms with Gasteiger partial charge in [0.25, 0.3) is 0 Å². The number of hydrogen-bond acceptors (Lipinski definition) is 10. The number of nitro groups is 1. The van der Waals surface area contributed by atoms with Crippen molar-refractivity contribution < 1.29 is 25.0 Å². The quantitative estimate of drug-likeness (QED) is 0.302. The van der Waals surface area contributed by atoms with Gasteiger partial charge in [0.15, 0.2) is 6.23 Å². The van der Waals surface area contributed by atoms with Gasteiger partial charge in [-0.1, -0.05) is 0 Å². The highest BCUT2D eigenvalue weighted by Gasteiger charge is 2.43. The second-order valence-corrected chi connectivity index (χ2v) is 4.12. The van der Waals surface area contributed by atoms with Crippen molar-refractivity contribution in [2.24, 2.45) is 0 Å². The Morgan fingerprint density at radius 3 is 2.70 bits per heavy atom. The largest absolute Gasteiger partial charge is 0.394 e. The molecule has 1 aliphatic rings. The SMILES string of the molecule is Nc1ncnc(N[C@@H]2O[C@H](CO)[C@H](O)[C@H]2O)c1[N+](=O)[O-]. The third kappa shape index (κ3) is 2.46. The molecule has 0 aromatic carbocycles. The molecule has 1 fully saturated rings. The second-order valence-electron chi connectivity index (χ2n) is 4.12.